The van der Waals surface area contributed by atoms with Gasteiger partial charge in [-0.1, -0.05) is 23.4 Å². The molecule has 0 saturated heterocycles. The van der Waals surface area contributed by atoms with Gasteiger partial charge in [-0.2, -0.15) is 0 Å². The Kier molecular flexibility index (Phi) is 3.96. The molecule has 1 aromatic heterocycles. The first-order chi connectivity index (χ1) is 9.33. The molecule has 2 rings (SSSR count). The number of nitrogens with zero attached hydrogens (tertiary/aromatic N) is 1. The second-order valence-corrected chi connectivity index (χ2v) is 6.53. The highest BCUT2D eigenvalue weighted by Gasteiger charge is 2.23. The molecule has 0 aliphatic carbocycles. The van der Waals surface area contributed by atoms with Crippen LogP contribution in [0.4, 0.5) is 0 Å². The van der Waals surface area contributed by atoms with Crippen molar-refractivity contribution in [2.24, 2.45) is 0 Å². The zero-order valence-electron chi connectivity index (χ0n) is 12.0. The molecule has 1 unspecified atom stereocenters. The van der Waals surface area contributed by atoms with Gasteiger partial charge in [-0.25, -0.2) is 13.1 Å². The van der Waals surface area contributed by atoms with Gasteiger partial charge in [0.25, 0.3) is 0 Å². The normalized spacial score (nSPS) is 13.4. The maximum atomic E-state index is 12.4. The Morgan fingerprint density at radius 3 is 2.40 bits per heavy atom. The Labute approximate surface area is 119 Å². The third kappa shape index (κ3) is 2.76. The first-order valence-electron chi connectivity index (χ1n) is 6.33. The molecule has 5 nitrogen and oxygen atoms in total. The monoisotopic (exact) mass is 294 g/mol. The van der Waals surface area contributed by atoms with Crippen LogP contribution >= 0.6 is 0 Å². The predicted octanol–water partition coefficient (Wildman–Crippen LogP) is 2.64. The minimum absolute atomic E-state index is 0.290. The van der Waals surface area contributed by atoms with Crippen molar-refractivity contribution >= 4 is 10.0 Å². The highest BCUT2D eigenvalue weighted by atomic mass is 32.2. The van der Waals surface area contributed by atoms with Crippen LogP contribution in [0.15, 0.2) is 33.7 Å². The van der Waals surface area contributed by atoms with E-state index in [2.05, 4.69) is 9.88 Å². The highest BCUT2D eigenvalue weighted by Crippen LogP contribution is 2.23. The van der Waals surface area contributed by atoms with E-state index in [1.54, 1.807) is 45.9 Å². The minimum Gasteiger partial charge on any atom is -0.361 e. The molecule has 1 atom stereocenters. The minimum atomic E-state index is -3.57. The van der Waals surface area contributed by atoms with Crippen LogP contribution in [0.2, 0.25) is 0 Å². The SMILES string of the molecule is Cc1ccccc1S(=O)(=O)NC(C)c1c(C)noc1C. The van der Waals surface area contributed by atoms with Crippen molar-refractivity contribution in [3.63, 3.8) is 0 Å². The number of aryl methyl sites for hydroxylation is 3. The average molecular weight is 294 g/mol. The van der Waals surface area contributed by atoms with Crippen molar-refractivity contribution < 1.29 is 12.9 Å². The molecule has 0 bridgehead atoms. The van der Waals surface area contributed by atoms with Gasteiger partial charge in [0, 0.05) is 11.6 Å². The lowest BCUT2D eigenvalue weighted by molar-refractivity contribution is 0.391. The van der Waals surface area contributed by atoms with Crippen molar-refractivity contribution in [2.75, 3.05) is 0 Å². The van der Waals surface area contributed by atoms with Gasteiger partial charge in [0.15, 0.2) is 0 Å². The van der Waals surface area contributed by atoms with Crippen LogP contribution < -0.4 is 4.72 Å². The summed E-state index contributed by atoms with van der Waals surface area (Å²) in [5, 5.41) is 3.85. The van der Waals surface area contributed by atoms with E-state index in [9.17, 15) is 8.42 Å². The molecule has 1 aromatic carbocycles. The zero-order chi connectivity index (χ0) is 14.9. The molecule has 0 fully saturated rings. The summed E-state index contributed by atoms with van der Waals surface area (Å²) in [5.74, 6) is 0.627. The van der Waals surface area contributed by atoms with Crippen LogP contribution in [-0.4, -0.2) is 13.6 Å². The van der Waals surface area contributed by atoms with Crippen LogP contribution in [0.25, 0.3) is 0 Å². The van der Waals surface area contributed by atoms with Crippen molar-refractivity contribution in [3.8, 4) is 0 Å². The molecule has 6 heteroatoms. The second kappa shape index (κ2) is 5.38. The zero-order valence-corrected chi connectivity index (χ0v) is 12.8. The number of hydrogen-bond donors (Lipinski definition) is 1. The number of aromatic nitrogens is 1. The van der Waals surface area contributed by atoms with Gasteiger partial charge in [0.05, 0.1) is 10.6 Å². The maximum absolute atomic E-state index is 12.4. The Hall–Kier alpha value is -1.66. The number of rotatable bonds is 4. The van der Waals surface area contributed by atoms with E-state index in [-0.39, 0.29) is 0 Å². The molecule has 0 radical (unpaired) electrons. The number of nitrogens with one attached hydrogen (secondary N) is 1. The largest absolute Gasteiger partial charge is 0.361 e. The first-order valence-corrected chi connectivity index (χ1v) is 7.82. The Morgan fingerprint density at radius 2 is 1.85 bits per heavy atom. The van der Waals surface area contributed by atoms with E-state index in [1.807, 2.05) is 6.07 Å². The Balaban J connectivity index is 2.32. The molecule has 1 heterocycles. The van der Waals surface area contributed by atoms with Gasteiger partial charge in [0.2, 0.25) is 10.0 Å². The van der Waals surface area contributed by atoms with Gasteiger partial charge in [0.1, 0.15) is 5.76 Å². The van der Waals surface area contributed by atoms with E-state index in [0.29, 0.717) is 21.9 Å². The predicted molar refractivity (Wildman–Crippen MR) is 75.9 cm³/mol. The number of hydrogen-bond acceptors (Lipinski definition) is 4. The van der Waals surface area contributed by atoms with E-state index in [4.69, 9.17) is 4.52 Å². The molecule has 0 aliphatic heterocycles. The van der Waals surface area contributed by atoms with Crippen molar-refractivity contribution in [1.82, 2.24) is 9.88 Å². The van der Waals surface area contributed by atoms with Gasteiger partial charge in [-0.05, 0) is 39.3 Å². The topological polar surface area (TPSA) is 72.2 Å². The summed E-state index contributed by atoms with van der Waals surface area (Å²) >= 11 is 0. The van der Waals surface area contributed by atoms with Crippen LogP contribution in [0.5, 0.6) is 0 Å². The number of sulfonamides is 1. The third-order valence-electron chi connectivity index (χ3n) is 3.24. The summed E-state index contributed by atoms with van der Waals surface area (Å²) in [7, 11) is -3.57. The van der Waals surface area contributed by atoms with Crippen LogP contribution in [0.1, 0.15) is 35.5 Å². The average Bonchev–Trinajstić information content (AvgIpc) is 2.68. The Morgan fingerprint density at radius 1 is 1.20 bits per heavy atom. The lowest BCUT2D eigenvalue weighted by Crippen LogP contribution is -2.28. The summed E-state index contributed by atoms with van der Waals surface area (Å²) in [6.45, 7) is 7.12. The van der Waals surface area contributed by atoms with Crippen molar-refractivity contribution in [1.29, 1.82) is 0 Å². The molecule has 0 spiro atoms. The molecule has 0 amide bonds. The highest BCUT2D eigenvalue weighted by molar-refractivity contribution is 7.89. The fraction of sp³-hybridized carbons (Fsp3) is 0.357. The summed E-state index contributed by atoms with van der Waals surface area (Å²) in [4.78, 5) is 0.290. The first kappa shape index (κ1) is 14.7. The molecule has 20 heavy (non-hydrogen) atoms. The fourth-order valence-corrected chi connectivity index (χ4v) is 3.78. The van der Waals surface area contributed by atoms with Gasteiger partial charge >= 0.3 is 0 Å². The molecule has 0 saturated carbocycles. The van der Waals surface area contributed by atoms with E-state index in [1.165, 1.54) is 0 Å². The summed E-state index contributed by atoms with van der Waals surface area (Å²) in [6, 6.07) is 6.49. The molecule has 0 aliphatic rings. The quantitative estimate of drug-likeness (QED) is 0.941. The van der Waals surface area contributed by atoms with Crippen LogP contribution in [-0.2, 0) is 10.0 Å². The van der Waals surface area contributed by atoms with Crippen molar-refractivity contribution in [2.45, 2.75) is 38.6 Å². The van der Waals surface area contributed by atoms with Gasteiger partial charge in [-0.3, -0.25) is 0 Å². The summed E-state index contributed by atoms with van der Waals surface area (Å²) in [6.07, 6.45) is 0. The van der Waals surface area contributed by atoms with Crippen LogP contribution in [0.3, 0.4) is 0 Å². The standard InChI is InChI=1S/C14H18N2O3S/c1-9-7-5-6-8-13(9)20(17,18)16-11(3)14-10(2)15-19-12(14)4/h5-8,11,16H,1-4H3. The maximum Gasteiger partial charge on any atom is 0.241 e. The summed E-state index contributed by atoms with van der Waals surface area (Å²) < 4.78 is 32.6. The fourth-order valence-electron chi connectivity index (χ4n) is 2.32. The molecule has 2 aromatic rings. The van der Waals surface area contributed by atoms with Crippen LogP contribution in [0, 0.1) is 20.8 Å². The van der Waals surface area contributed by atoms with E-state index in [0.717, 1.165) is 5.56 Å². The van der Waals surface area contributed by atoms with Gasteiger partial charge in [-0.15, -0.1) is 0 Å². The second-order valence-electron chi connectivity index (χ2n) is 4.85. The Bertz CT molecular complexity index is 700. The van der Waals surface area contributed by atoms with Gasteiger partial charge < -0.3 is 4.52 Å². The van der Waals surface area contributed by atoms with E-state index >= 15 is 0 Å². The molecule has 1 N–H and O–H groups in total. The molecular formula is C14H18N2O3S. The molecular weight excluding hydrogens is 276 g/mol. The smallest absolute Gasteiger partial charge is 0.241 e. The summed E-state index contributed by atoms with van der Waals surface area (Å²) in [5.41, 5.74) is 2.19. The van der Waals surface area contributed by atoms with Crippen molar-refractivity contribution in [3.05, 3.63) is 46.8 Å². The molecule has 108 valence electrons. The lowest BCUT2D eigenvalue weighted by Gasteiger charge is -2.15. The number of benzene rings is 1. The lowest BCUT2D eigenvalue weighted by atomic mass is 10.1. The third-order valence-corrected chi connectivity index (χ3v) is 4.94. The van der Waals surface area contributed by atoms with E-state index < -0.39 is 16.1 Å².